The molecular weight excluding hydrogens is 246 g/mol. The molecule has 0 aliphatic heterocycles. The van der Waals surface area contributed by atoms with Gasteiger partial charge in [0.2, 0.25) is 0 Å². The van der Waals surface area contributed by atoms with Crippen LogP contribution in [0.25, 0.3) is 10.9 Å². The maximum atomic E-state index is 11.9. The van der Waals surface area contributed by atoms with Gasteiger partial charge < -0.3 is 4.57 Å². The van der Waals surface area contributed by atoms with Gasteiger partial charge in [-0.1, -0.05) is 48.5 Å². The molecule has 0 radical (unpaired) electrons. The Kier molecular flexibility index (Phi) is 3.15. The van der Waals surface area contributed by atoms with Gasteiger partial charge in [0.25, 0.3) is 0 Å². The molecule has 2 nitrogen and oxygen atoms in total. The molecule has 3 rings (SSSR count). The minimum absolute atomic E-state index is 0.130. The Morgan fingerprint density at radius 2 is 1.65 bits per heavy atom. The molecule has 0 N–H and O–H groups in total. The molecule has 0 amide bonds. The number of benzene rings is 2. The van der Waals surface area contributed by atoms with Crippen molar-refractivity contribution < 1.29 is 4.79 Å². The highest BCUT2D eigenvalue weighted by molar-refractivity contribution is 6.08. The number of nitrogens with zero attached hydrogens (tertiary/aromatic N) is 1. The van der Waals surface area contributed by atoms with Gasteiger partial charge in [0.1, 0.15) is 0 Å². The van der Waals surface area contributed by atoms with E-state index in [9.17, 15) is 4.79 Å². The monoisotopic (exact) mass is 263 g/mol. The zero-order valence-electron chi connectivity index (χ0n) is 11.8. The molecule has 100 valence electrons. The summed E-state index contributed by atoms with van der Waals surface area (Å²) < 4.78 is 2.22. The zero-order valence-corrected chi connectivity index (χ0v) is 11.8. The number of carbonyl (C=O) groups excluding carboxylic acids is 1. The SMILES string of the molecule is CC(=O)c1c(C)n(Cc2ccccc2)c2ccccc12. The molecule has 0 bridgehead atoms. The van der Waals surface area contributed by atoms with Crippen molar-refractivity contribution in [3.8, 4) is 0 Å². The first-order chi connectivity index (χ1) is 9.68. The maximum Gasteiger partial charge on any atom is 0.162 e. The Bertz CT molecular complexity index is 769. The Hall–Kier alpha value is -2.35. The van der Waals surface area contributed by atoms with Crippen molar-refractivity contribution in [3.05, 3.63) is 71.4 Å². The Morgan fingerprint density at radius 1 is 1.00 bits per heavy atom. The van der Waals surface area contributed by atoms with Crippen LogP contribution in [0, 0.1) is 6.92 Å². The molecular formula is C18H17NO. The molecule has 1 aromatic heterocycles. The average molecular weight is 263 g/mol. The van der Waals surface area contributed by atoms with Crippen molar-refractivity contribution in [3.63, 3.8) is 0 Å². The highest BCUT2D eigenvalue weighted by Gasteiger charge is 2.16. The fraction of sp³-hybridized carbons (Fsp3) is 0.167. The number of ketones is 1. The molecule has 0 spiro atoms. The van der Waals surface area contributed by atoms with Crippen molar-refractivity contribution in [2.45, 2.75) is 20.4 Å². The standard InChI is InChI=1S/C18H17NO/c1-13-18(14(2)20)16-10-6-7-11-17(16)19(13)12-15-8-4-3-5-9-15/h3-11H,12H2,1-2H3. The number of carbonyl (C=O) groups is 1. The minimum Gasteiger partial charge on any atom is -0.340 e. The number of Topliss-reactive ketones (excluding diaryl/α,β-unsaturated/α-hetero) is 1. The summed E-state index contributed by atoms with van der Waals surface area (Å²) >= 11 is 0. The lowest BCUT2D eigenvalue weighted by Gasteiger charge is -2.08. The van der Waals surface area contributed by atoms with Crippen LogP contribution in [0.1, 0.15) is 28.5 Å². The Labute approximate surface area is 118 Å². The third kappa shape index (κ3) is 2.03. The molecule has 3 aromatic rings. The number of para-hydroxylation sites is 1. The smallest absolute Gasteiger partial charge is 0.162 e. The minimum atomic E-state index is 0.130. The van der Waals surface area contributed by atoms with Crippen molar-refractivity contribution in [1.29, 1.82) is 0 Å². The van der Waals surface area contributed by atoms with Crippen LogP contribution in [0.5, 0.6) is 0 Å². The normalized spacial score (nSPS) is 10.9. The van der Waals surface area contributed by atoms with E-state index >= 15 is 0 Å². The molecule has 0 saturated carbocycles. The Balaban J connectivity index is 2.20. The molecule has 0 aliphatic rings. The van der Waals surface area contributed by atoms with E-state index in [-0.39, 0.29) is 5.78 Å². The summed E-state index contributed by atoms with van der Waals surface area (Å²) in [6.07, 6.45) is 0. The van der Waals surface area contributed by atoms with E-state index in [4.69, 9.17) is 0 Å². The second kappa shape index (κ2) is 4.97. The van der Waals surface area contributed by atoms with Crippen LogP contribution in [0.4, 0.5) is 0 Å². The van der Waals surface area contributed by atoms with Crippen molar-refractivity contribution in [2.75, 3.05) is 0 Å². The van der Waals surface area contributed by atoms with Gasteiger partial charge in [0.05, 0.1) is 0 Å². The van der Waals surface area contributed by atoms with Gasteiger partial charge >= 0.3 is 0 Å². The fourth-order valence-electron chi connectivity index (χ4n) is 2.85. The molecule has 1 heterocycles. The molecule has 0 aliphatic carbocycles. The molecule has 0 saturated heterocycles. The summed E-state index contributed by atoms with van der Waals surface area (Å²) in [6, 6.07) is 18.4. The van der Waals surface area contributed by atoms with Gasteiger partial charge in [-0.25, -0.2) is 0 Å². The molecule has 0 fully saturated rings. The zero-order chi connectivity index (χ0) is 14.1. The predicted octanol–water partition coefficient (Wildman–Crippen LogP) is 4.20. The van der Waals surface area contributed by atoms with Crippen LogP contribution in [-0.2, 0) is 6.54 Å². The first kappa shape index (κ1) is 12.7. The largest absolute Gasteiger partial charge is 0.340 e. The number of hydrogen-bond donors (Lipinski definition) is 0. The van der Waals surface area contributed by atoms with E-state index in [1.54, 1.807) is 6.92 Å². The molecule has 0 atom stereocenters. The molecule has 2 aromatic carbocycles. The number of aromatic nitrogens is 1. The van der Waals surface area contributed by atoms with Crippen LogP contribution in [-0.4, -0.2) is 10.4 Å². The molecule has 0 unspecified atom stereocenters. The van der Waals surface area contributed by atoms with Crippen LogP contribution in [0.2, 0.25) is 0 Å². The van der Waals surface area contributed by atoms with Crippen molar-refractivity contribution >= 4 is 16.7 Å². The summed E-state index contributed by atoms with van der Waals surface area (Å²) in [5.74, 6) is 0.130. The topological polar surface area (TPSA) is 22.0 Å². The van der Waals surface area contributed by atoms with Gasteiger partial charge in [-0.3, -0.25) is 4.79 Å². The third-order valence-electron chi connectivity index (χ3n) is 3.77. The van der Waals surface area contributed by atoms with E-state index in [0.29, 0.717) is 0 Å². The second-order valence-electron chi connectivity index (χ2n) is 5.11. The predicted molar refractivity (Wildman–Crippen MR) is 82.2 cm³/mol. The van der Waals surface area contributed by atoms with Crippen LogP contribution in [0.15, 0.2) is 54.6 Å². The van der Waals surface area contributed by atoms with Gasteiger partial charge in [-0.2, -0.15) is 0 Å². The lowest BCUT2D eigenvalue weighted by Crippen LogP contribution is -2.03. The second-order valence-corrected chi connectivity index (χ2v) is 5.11. The first-order valence-corrected chi connectivity index (χ1v) is 6.81. The molecule has 2 heteroatoms. The lowest BCUT2D eigenvalue weighted by atomic mass is 10.1. The summed E-state index contributed by atoms with van der Waals surface area (Å²) in [4.78, 5) is 11.9. The van der Waals surface area contributed by atoms with Crippen LogP contribution >= 0.6 is 0 Å². The van der Waals surface area contributed by atoms with Crippen LogP contribution < -0.4 is 0 Å². The summed E-state index contributed by atoms with van der Waals surface area (Å²) in [5.41, 5.74) is 4.25. The average Bonchev–Trinajstić information content (AvgIpc) is 2.73. The highest BCUT2D eigenvalue weighted by atomic mass is 16.1. The number of hydrogen-bond acceptors (Lipinski definition) is 1. The van der Waals surface area contributed by atoms with Crippen molar-refractivity contribution in [1.82, 2.24) is 4.57 Å². The lowest BCUT2D eigenvalue weighted by molar-refractivity contribution is 0.101. The highest BCUT2D eigenvalue weighted by Crippen LogP contribution is 2.27. The summed E-state index contributed by atoms with van der Waals surface area (Å²) in [5, 5.41) is 1.05. The van der Waals surface area contributed by atoms with E-state index < -0.39 is 0 Å². The fourth-order valence-corrected chi connectivity index (χ4v) is 2.85. The number of fused-ring (bicyclic) bond motifs is 1. The third-order valence-corrected chi connectivity index (χ3v) is 3.77. The first-order valence-electron chi connectivity index (χ1n) is 6.81. The summed E-state index contributed by atoms with van der Waals surface area (Å²) in [6.45, 7) is 4.46. The van der Waals surface area contributed by atoms with Gasteiger partial charge in [-0.05, 0) is 25.5 Å². The Morgan fingerprint density at radius 3 is 2.35 bits per heavy atom. The van der Waals surface area contributed by atoms with Crippen molar-refractivity contribution in [2.24, 2.45) is 0 Å². The van der Waals surface area contributed by atoms with Gasteiger partial charge in [0, 0.05) is 28.7 Å². The quantitative estimate of drug-likeness (QED) is 0.649. The molecule has 20 heavy (non-hydrogen) atoms. The van der Waals surface area contributed by atoms with Gasteiger partial charge in [-0.15, -0.1) is 0 Å². The van der Waals surface area contributed by atoms with E-state index in [1.165, 1.54) is 5.56 Å². The number of rotatable bonds is 3. The van der Waals surface area contributed by atoms with Gasteiger partial charge in [0.15, 0.2) is 5.78 Å². The van der Waals surface area contributed by atoms with E-state index in [0.717, 1.165) is 28.7 Å². The van der Waals surface area contributed by atoms with Crippen LogP contribution in [0.3, 0.4) is 0 Å². The maximum absolute atomic E-state index is 11.9. The van der Waals surface area contributed by atoms with E-state index in [1.807, 2.05) is 43.3 Å². The summed E-state index contributed by atoms with van der Waals surface area (Å²) in [7, 11) is 0. The van der Waals surface area contributed by atoms with E-state index in [2.05, 4.69) is 22.8 Å².